The zero-order valence-corrected chi connectivity index (χ0v) is 18.6. The van der Waals surface area contributed by atoms with Crippen molar-refractivity contribution in [3.63, 3.8) is 0 Å². The summed E-state index contributed by atoms with van der Waals surface area (Å²) in [6.07, 6.45) is 8.30. The number of hydrogen-bond acceptors (Lipinski definition) is 3. The van der Waals surface area contributed by atoms with Gasteiger partial charge in [-0.15, -0.1) is 0 Å². The molecule has 3 aliphatic rings. The Bertz CT molecular complexity index is 796. The second kappa shape index (κ2) is 9.84. The minimum absolute atomic E-state index is 0.0127. The number of amides is 3. The molecule has 168 valence electrons. The van der Waals surface area contributed by atoms with Crippen molar-refractivity contribution in [3.8, 4) is 0 Å². The van der Waals surface area contributed by atoms with Crippen molar-refractivity contribution < 1.29 is 14.4 Å². The van der Waals surface area contributed by atoms with Crippen LogP contribution in [0.15, 0.2) is 30.3 Å². The van der Waals surface area contributed by atoms with Gasteiger partial charge in [-0.3, -0.25) is 14.4 Å². The second-order valence-electron chi connectivity index (χ2n) is 9.38. The smallest absolute Gasteiger partial charge is 0.254 e. The maximum absolute atomic E-state index is 13.7. The molecule has 1 aromatic carbocycles. The van der Waals surface area contributed by atoms with Crippen molar-refractivity contribution in [2.45, 2.75) is 82.8 Å². The third-order valence-corrected chi connectivity index (χ3v) is 7.20. The van der Waals surface area contributed by atoms with Crippen LogP contribution in [0.5, 0.6) is 0 Å². The molecule has 4 unspecified atom stereocenters. The summed E-state index contributed by atoms with van der Waals surface area (Å²) in [6.45, 7) is 3.25. The Balaban J connectivity index is 1.51. The lowest BCUT2D eigenvalue weighted by Crippen LogP contribution is -2.55. The predicted octanol–water partition coefficient (Wildman–Crippen LogP) is 3.37. The van der Waals surface area contributed by atoms with E-state index >= 15 is 0 Å². The van der Waals surface area contributed by atoms with Crippen LogP contribution < -0.4 is 5.32 Å². The van der Waals surface area contributed by atoms with E-state index in [0.29, 0.717) is 31.0 Å². The molecule has 3 amide bonds. The molecule has 2 heterocycles. The number of benzene rings is 1. The summed E-state index contributed by atoms with van der Waals surface area (Å²) < 4.78 is 0. The van der Waals surface area contributed by atoms with Gasteiger partial charge in [-0.05, 0) is 56.6 Å². The van der Waals surface area contributed by atoms with Crippen LogP contribution in [0.3, 0.4) is 0 Å². The molecule has 3 fully saturated rings. The van der Waals surface area contributed by atoms with Crippen LogP contribution in [0.2, 0.25) is 0 Å². The lowest BCUT2D eigenvalue weighted by atomic mass is 9.84. The van der Waals surface area contributed by atoms with Gasteiger partial charge in [0.1, 0.15) is 6.04 Å². The summed E-state index contributed by atoms with van der Waals surface area (Å²) in [5.41, 5.74) is 0.662. The van der Waals surface area contributed by atoms with E-state index in [9.17, 15) is 14.4 Å². The highest BCUT2D eigenvalue weighted by atomic mass is 16.2. The maximum atomic E-state index is 13.7. The first-order valence-corrected chi connectivity index (χ1v) is 12.0. The normalized spacial score (nSPS) is 28.2. The molecule has 2 saturated heterocycles. The fourth-order valence-electron chi connectivity index (χ4n) is 5.74. The van der Waals surface area contributed by atoms with Crippen molar-refractivity contribution in [1.29, 1.82) is 0 Å². The van der Waals surface area contributed by atoms with Crippen molar-refractivity contribution in [1.82, 2.24) is 15.1 Å². The van der Waals surface area contributed by atoms with Crippen LogP contribution in [0, 0.1) is 5.92 Å². The quantitative estimate of drug-likeness (QED) is 0.786. The largest absolute Gasteiger partial charge is 0.352 e. The maximum Gasteiger partial charge on any atom is 0.254 e. The molecule has 4 atom stereocenters. The van der Waals surface area contributed by atoms with Gasteiger partial charge in [0.2, 0.25) is 11.8 Å². The van der Waals surface area contributed by atoms with Crippen molar-refractivity contribution >= 4 is 17.7 Å². The van der Waals surface area contributed by atoms with Gasteiger partial charge in [0, 0.05) is 37.2 Å². The molecule has 1 saturated carbocycles. The van der Waals surface area contributed by atoms with Gasteiger partial charge in [-0.25, -0.2) is 0 Å². The standard InChI is InChI=1S/C25H35N3O3/c1-2-9-23(29)26-20-13-8-15-27(17-20)25(31)22-16-19-12-6-7-14-21(19)28(22)24(30)18-10-4-3-5-11-18/h3-5,10-11,19-22H,2,6-9,12-17H2,1H3,(H,26,29). The predicted molar refractivity (Wildman–Crippen MR) is 119 cm³/mol. The zero-order valence-electron chi connectivity index (χ0n) is 18.6. The lowest BCUT2D eigenvalue weighted by Gasteiger charge is -2.38. The van der Waals surface area contributed by atoms with Crippen molar-refractivity contribution in [2.24, 2.45) is 5.92 Å². The summed E-state index contributed by atoms with van der Waals surface area (Å²) in [4.78, 5) is 43.0. The van der Waals surface area contributed by atoms with Gasteiger partial charge in [-0.2, -0.15) is 0 Å². The molecule has 6 heteroatoms. The van der Waals surface area contributed by atoms with Crippen LogP contribution in [-0.2, 0) is 9.59 Å². The SMILES string of the molecule is CCCC(=O)NC1CCCN(C(=O)C2CC3CCCCC3N2C(=O)c2ccccc2)C1. The molecule has 31 heavy (non-hydrogen) atoms. The number of likely N-dealkylation sites (tertiary alicyclic amines) is 2. The van der Waals surface area contributed by atoms with Crippen LogP contribution >= 0.6 is 0 Å². The first-order valence-electron chi connectivity index (χ1n) is 12.0. The molecule has 0 radical (unpaired) electrons. The zero-order chi connectivity index (χ0) is 21.8. The Morgan fingerprint density at radius 2 is 1.81 bits per heavy atom. The Labute approximate surface area is 185 Å². The number of hydrogen-bond donors (Lipinski definition) is 1. The van der Waals surface area contributed by atoms with E-state index in [1.54, 1.807) is 0 Å². The second-order valence-corrected chi connectivity index (χ2v) is 9.38. The molecular weight excluding hydrogens is 390 g/mol. The van der Waals surface area contributed by atoms with E-state index in [2.05, 4.69) is 5.32 Å². The highest BCUT2D eigenvalue weighted by Crippen LogP contribution is 2.41. The first kappa shape index (κ1) is 21.8. The van der Waals surface area contributed by atoms with Gasteiger partial charge in [0.05, 0.1) is 0 Å². The average molecular weight is 426 g/mol. The Morgan fingerprint density at radius 1 is 1.03 bits per heavy atom. The van der Waals surface area contributed by atoms with Gasteiger partial charge >= 0.3 is 0 Å². The number of rotatable bonds is 5. The fraction of sp³-hybridized carbons (Fsp3) is 0.640. The van der Waals surface area contributed by atoms with Gasteiger partial charge in [0.15, 0.2) is 0 Å². The lowest BCUT2D eigenvalue weighted by molar-refractivity contribution is -0.137. The first-order chi connectivity index (χ1) is 15.1. The molecule has 1 aromatic rings. The number of carbonyl (C=O) groups excluding carboxylic acids is 3. The molecule has 6 nitrogen and oxygen atoms in total. The van der Waals surface area contributed by atoms with Crippen LogP contribution in [-0.4, -0.2) is 58.7 Å². The minimum Gasteiger partial charge on any atom is -0.352 e. The molecule has 0 bridgehead atoms. The number of piperidine rings is 1. The van der Waals surface area contributed by atoms with Crippen molar-refractivity contribution in [2.75, 3.05) is 13.1 Å². The van der Waals surface area contributed by atoms with E-state index in [1.807, 2.05) is 47.1 Å². The Kier molecular flexibility index (Phi) is 6.93. The minimum atomic E-state index is -0.383. The van der Waals surface area contributed by atoms with E-state index < -0.39 is 0 Å². The average Bonchev–Trinajstić information content (AvgIpc) is 3.18. The number of nitrogens with one attached hydrogen (secondary N) is 1. The number of nitrogens with zero attached hydrogens (tertiary/aromatic N) is 2. The molecule has 4 rings (SSSR count). The molecule has 0 aromatic heterocycles. The van der Waals surface area contributed by atoms with Gasteiger partial charge in [-0.1, -0.05) is 38.0 Å². The van der Waals surface area contributed by atoms with Crippen LogP contribution in [0.4, 0.5) is 0 Å². The summed E-state index contributed by atoms with van der Waals surface area (Å²) in [7, 11) is 0. The third-order valence-electron chi connectivity index (χ3n) is 7.20. The topological polar surface area (TPSA) is 69.7 Å². The monoisotopic (exact) mass is 425 g/mol. The molecular formula is C25H35N3O3. The molecule has 0 spiro atoms. The van der Waals surface area contributed by atoms with Crippen LogP contribution in [0.1, 0.15) is 75.1 Å². The molecule has 1 N–H and O–H groups in total. The Morgan fingerprint density at radius 3 is 2.58 bits per heavy atom. The van der Waals surface area contributed by atoms with E-state index in [4.69, 9.17) is 0 Å². The third kappa shape index (κ3) is 4.78. The summed E-state index contributed by atoms with van der Waals surface area (Å²) in [6, 6.07) is 9.16. The summed E-state index contributed by atoms with van der Waals surface area (Å²) >= 11 is 0. The molecule has 1 aliphatic carbocycles. The number of fused-ring (bicyclic) bond motifs is 1. The highest BCUT2D eigenvalue weighted by molar-refractivity contribution is 5.98. The highest BCUT2D eigenvalue weighted by Gasteiger charge is 2.48. The van der Waals surface area contributed by atoms with Crippen LogP contribution in [0.25, 0.3) is 0 Å². The summed E-state index contributed by atoms with van der Waals surface area (Å²) in [5, 5.41) is 3.09. The van der Waals surface area contributed by atoms with E-state index in [1.165, 1.54) is 6.42 Å². The summed E-state index contributed by atoms with van der Waals surface area (Å²) in [5.74, 6) is 0.529. The van der Waals surface area contributed by atoms with Gasteiger partial charge < -0.3 is 15.1 Å². The fourth-order valence-corrected chi connectivity index (χ4v) is 5.74. The number of carbonyl (C=O) groups is 3. The van der Waals surface area contributed by atoms with E-state index in [0.717, 1.165) is 44.9 Å². The van der Waals surface area contributed by atoms with Crippen molar-refractivity contribution in [3.05, 3.63) is 35.9 Å². The van der Waals surface area contributed by atoms with Gasteiger partial charge in [0.25, 0.3) is 5.91 Å². The Hall–Kier alpha value is -2.37. The molecule has 2 aliphatic heterocycles. The van der Waals surface area contributed by atoms with E-state index in [-0.39, 0.29) is 35.8 Å².